The molecule has 0 heterocycles. The van der Waals surface area contributed by atoms with E-state index in [2.05, 4.69) is 5.32 Å². The summed E-state index contributed by atoms with van der Waals surface area (Å²) in [5, 5.41) is 20.6. The van der Waals surface area contributed by atoms with E-state index in [9.17, 15) is 9.59 Å². The molecule has 1 amide bonds. The van der Waals surface area contributed by atoms with Crippen LogP contribution in [0.4, 0.5) is 0 Å². The highest BCUT2D eigenvalue weighted by Crippen LogP contribution is 2.14. The zero-order chi connectivity index (χ0) is 19.5. The minimum Gasteiger partial charge on any atom is -0.481 e. The summed E-state index contributed by atoms with van der Waals surface area (Å²) < 4.78 is 4.96. The van der Waals surface area contributed by atoms with E-state index in [1.165, 1.54) is 0 Å². The maximum absolute atomic E-state index is 11.9. The number of aliphatic hydroxyl groups is 1. The molecule has 1 unspecified atom stereocenters. The van der Waals surface area contributed by atoms with Crippen LogP contribution in [0.5, 0.6) is 0 Å². The Labute approximate surface area is 158 Å². The third-order valence-electron chi connectivity index (χ3n) is 4.55. The topological polar surface area (TPSA) is 95.9 Å². The summed E-state index contributed by atoms with van der Waals surface area (Å²) in [5.74, 6) is -0.665. The highest BCUT2D eigenvalue weighted by molar-refractivity contribution is 5.76. The molecule has 0 aliphatic carbocycles. The molecule has 0 fully saturated rings. The van der Waals surface area contributed by atoms with Gasteiger partial charge in [0, 0.05) is 32.6 Å². The van der Waals surface area contributed by atoms with Crippen LogP contribution in [0.3, 0.4) is 0 Å². The number of aliphatic hydroxyl groups excluding tert-OH is 1. The molecular weight excluding hydrogens is 334 g/mol. The monoisotopic (exact) mass is 373 g/mol. The van der Waals surface area contributed by atoms with Gasteiger partial charge in [-0.3, -0.25) is 9.59 Å². The Bertz CT molecular complexity index is 349. The number of hydrogen-bond donors (Lipinski definition) is 3. The molecule has 154 valence electrons. The van der Waals surface area contributed by atoms with Gasteiger partial charge in [0.25, 0.3) is 0 Å². The quantitative estimate of drug-likeness (QED) is 0.300. The maximum Gasteiger partial charge on any atom is 0.303 e. The third kappa shape index (κ3) is 17.7. The average Bonchev–Trinajstić information content (AvgIpc) is 2.61. The van der Waals surface area contributed by atoms with Crippen molar-refractivity contribution in [3.05, 3.63) is 0 Å². The van der Waals surface area contributed by atoms with Crippen molar-refractivity contribution in [3.8, 4) is 0 Å². The normalized spacial score (nSPS) is 12.1. The minimum atomic E-state index is -0.720. The van der Waals surface area contributed by atoms with Crippen molar-refractivity contribution in [2.45, 2.75) is 95.9 Å². The first-order valence-electron chi connectivity index (χ1n) is 10.2. The van der Waals surface area contributed by atoms with Gasteiger partial charge >= 0.3 is 5.97 Å². The number of amides is 1. The second-order valence-electron chi connectivity index (χ2n) is 6.99. The molecule has 3 N–H and O–H groups in total. The average molecular weight is 374 g/mol. The Balaban J connectivity index is 3.95. The molecule has 0 aromatic carbocycles. The van der Waals surface area contributed by atoms with Crippen molar-refractivity contribution in [1.82, 2.24) is 5.32 Å². The first-order valence-corrected chi connectivity index (χ1v) is 10.2. The second-order valence-corrected chi connectivity index (χ2v) is 6.99. The van der Waals surface area contributed by atoms with Crippen LogP contribution in [0, 0.1) is 0 Å². The molecule has 6 nitrogen and oxygen atoms in total. The lowest BCUT2D eigenvalue weighted by Crippen LogP contribution is -2.35. The van der Waals surface area contributed by atoms with Gasteiger partial charge in [-0.05, 0) is 25.7 Å². The molecule has 0 spiro atoms. The molecule has 6 heteroatoms. The van der Waals surface area contributed by atoms with Gasteiger partial charge < -0.3 is 20.3 Å². The largest absolute Gasteiger partial charge is 0.481 e. The zero-order valence-corrected chi connectivity index (χ0v) is 16.5. The molecule has 0 saturated heterocycles. The Kier molecular flexibility index (Phi) is 17.8. The van der Waals surface area contributed by atoms with Crippen LogP contribution in [0.15, 0.2) is 0 Å². The van der Waals surface area contributed by atoms with Crippen LogP contribution >= 0.6 is 0 Å². The van der Waals surface area contributed by atoms with Gasteiger partial charge in [0.1, 0.15) is 0 Å². The molecule has 0 aliphatic heterocycles. The number of aliphatic carboxylic acids is 1. The standard InChI is InChI=1S/C20H39NO5/c1-26-17-15-19(23)21-18(13-9-5-3-7-11-16-22)12-8-4-2-6-10-14-20(24)25/h18,22H,2-17H2,1H3,(H,21,23)(H,24,25). The fourth-order valence-electron chi connectivity index (χ4n) is 3.01. The number of unbranched alkanes of at least 4 members (excludes halogenated alkanes) is 8. The number of carboxylic acids is 1. The zero-order valence-electron chi connectivity index (χ0n) is 16.5. The first kappa shape index (κ1) is 24.9. The van der Waals surface area contributed by atoms with E-state index in [-0.39, 0.29) is 25.0 Å². The van der Waals surface area contributed by atoms with Gasteiger partial charge in [-0.15, -0.1) is 0 Å². The van der Waals surface area contributed by atoms with E-state index in [1.54, 1.807) is 7.11 Å². The van der Waals surface area contributed by atoms with Crippen LogP contribution in [-0.2, 0) is 14.3 Å². The molecule has 0 saturated carbocycles. The molecule has 0 radical (unpaired) electrons. The minimum absolute atomic E-state index is 0.0542. The number of nitrogens with one attached hydrogen (secondary N) is 1. The summed E-state index contributed by atoms with van der Waals surface area (Å²) in [6.45, 7) is 0.716. The number of carboxylic acid groups (broad SMARTS) is 1. The molecule has 0 aromatic rings. The Hall–Kier alpha value is -1.14. The molecule has 26 heavy (non-hydrogen) atoms. The van der Waals surface area contributed by atoms with Crippen molar-refractivity contribution >= 4 is 11.9 Å². The summed E-state index contributed by atoms with van der Waals surface area (Å²) in [5.41, 5.74) is 0. The van der Waals surface area contributed by atoms with Gasteiger partial charge in [-0.1, -0.05) is 51.4 Å². The van der Waals surface area contributed by atoms with Crippen molar-refractivity contribution in [3.63, 3.8) is 0 Å². The summed E-state index contributed by atoms with van der Waals surface area (Å²) in [7, 11) is 1.60. The van der Waals surface area contributed by atoms with Crippen LogP contribution in [0.2, 0.25) is 0 Å². The molecule has 0 bridgehead atoms. The number of hydrogen-bond acceptors (Lipinski definition) is 4. The SMILES string of the molecule is COCCC(=O)NC(CCCCCCCO)CCCCCCCC(=O)O. The van der Waals surface area contributed by atoms with Crippen LogP contribution in [0.1, 0.15) is 89.9 Å². The molecule has 1 atom stereocenters. The predicted octanol–water partition coefficient (Wildman–Crippen LogP) is 3.66. The van der Waals surface area contributed by atoms with Gasteiger partial charge in [-0.25, -0.2) is 0 Å². The number of rotatable bonds is 19. The van der Waals surface area contributed by atoms with Crippen LogP contribution < -0.4 is 5.32 Å². The van der Waals surface area contributed by atoms with Crippen molar-refractivity contribution in [2.75, 3.05) is 20.3 Å². The number of carbonyl (C=O) groups excluding carboxylic acids is 1. The van der Waals surface area contributed by atoms with Crippen molar-refractivity contribution in [2.24, 2.45) is 0 Å². The van der Waals surface area contributed by atoms with Crippen LogP contribution in [0.25, 0.3) is 0 Å². The maximum atomic E-state index is 11.9. The van der Waals surface area contributed by atoms with Gasteiger partial charge in [-0.2, -0.15) is 0 Å². The van der Waals surface area contributed by atoms with E-state index < -0.39 is 5.97 Å². The lowest BCUT2D eigenvalue weighted by Gasteiger charge is -2.19. The van der Waals surface area contributed by atoms with Crippen molar-refractivity contribution in [1.29, 1.82) is 0 Å². The number of carbonyl (C=O) groups is 2. The van der Waals surface area contributed by atoms with Crippen molar-refractivity contribution < 1.29 is 24.5 Å². The van der Waals surface area contributed by atoms with Gasteiger partial charge in [0.2, 0.25) is 5.91 Å². The predicted molar refractivity (Wildman–Crippen MR) is 103 cm³/mol. The van der Waals surface area contributed by atoms with Gasteiger partial charge in [0.15, 0.2) is 0 Å². The molecular formula is C20H39NO5. The Morgan fingerprint density at radius 1 is 0.846 bits per heavy atom. The lowest BCUT2D eigenvalue weighted by molar-refractivity contribution is -0.137. The van der Waals surface area contributed by atoms with E-state index in [1.807, 2.05) is 0 Å². The lowest BCUT2D eigenvalue weighted by atomic mass is 10.00. The fraction of sp³-hybridized carbons (Fsp3) is 0.900. The van der Waals surface area contributed by atoms with E-state index in [0.29, 0.717) is 13.0 Å². The highest BCUT2D eigenvalue weighted by atomic mass is 16.5. The smallest absolute Gasteiger partial charge is 0.303 e. The third-order valence-corrected chi connectivity index (χ3v) is 4.55. The molecule has 0 aromatic heterocycles. The Morgan fingerprint density at radius 2 is 1.38 bits per heavy atom. The van der Waals surface area contributed by atoms with E-state index >= 15 is 0 Å². The van der Waals surface area contributed by atoms with Gasteiger partial charge in [0.05, 0.1) is 6.61 Å². The summed E-state index contributed by atoms with van der Waals surface area (Å²) >= 11 is 0. The molecule has 0 aliphatic rings. The Morgan fingerprint density at radius 3 is 1.92 bits per heavy atom. The summed E-state index contributed by atoms with van der Waals surface area (Å²) in [6, 6.07) is 0.219. The first-order chi connectivity index (χ1) is 12.6. The fourth-order valence-corrected chi connectivity index (χ4v) is 3.01. The van der Waals surface area contributed by atoms with Crippen LogP contribution in [-0.4, -0.2) is 48.5 Å². The second kappa shape index (κ2) is 18.6. The summed E-state index contributed by atoms with van der Waals surface area (Å²) in [6.07, 6.45) is 12.9. The molecule has 0 rings (SSSR count). The van der Waals surface area contributed by atoms with E-state index in [0.717, 1.165) is 77.0 Å². The summed E-state index contributed by atoms with van der Waals surface area (Å²) in [4.78, 5) is 22.4. The number of ether oxygens (including phenoxy) is 1. The van der Waals surface area contributed by atoms with E-state index in [4.69, 9.17) is 14.9 Å². The number of methoxy groups -OCH3 is 1. The highest BCUT2D eigenvalue weighted by Gasteiger charge is 2.12.